The van der Waals surface area contributed by atoms with Gasteiger partial charge >= 0.3 is 0 Å². The Morgan fingerprint density at radius 2 is 1.93 bits per heavy atom. The largest absolute Gasteiger partial charge is 0.414 e. The van der Waals surface area contributed by atoms with Gasteiger partial charge in [-0.15, -0.1) is 0 Å². The maximum absolute atomic E-state index is 9.18. The van der Waals surface area contributed by atoms with Gasteiger partial charge in [-0.2, -0.15) is 5.26 Å². The van der Waals surface area contributed by atoms with Crippen LogP contribution in [0.5, 0.6) is 0 Å². The lowest BCUT2D eigenvalue weighted by Crippen LogP contribution is -2.47. The zero-order valence-corrected chi connectivity index (χ0v) is 19.2. The van der Waals surface area contributed by atoms with Crippen LogP contribution in [0.1, 0.15) is 57.8 Å². The zero-order valence-electron chi connectivity index (χ0n) is 18.2. The number of hydrogen-bond acceptors (Lipinski definition) is 6. The van der Waals surface area contributed by atoms with Crippen molar-refractivity contribution in [2.45, 2.75) is 83.7 Å². The molecule has 7 heteroatoms. The fourth-order valence-corrected chi connectivity index (χ4v) is 5.75. The second-order valence-electron chi connectivity index (χ2n) is 10.2. The summed E-state index contributed by atoms with van der Waals surface area (Å²) in [7, 11) is -1.78. The number of rotatable bonds is 3. The Balaban J connectivity index is 1.67. The van der Waals surface area contributed by atoms with Gasteiger partial charge in [-0.05, 0) is 62.2 Å². The first kappa shape index (κ1) is 21.2. The molecule has 0 bridgehead atoms. The minimum atomic E-state index is -1.78. The highest BCUT2D eigenvalue weighted by Crippen LogP contribution is 2.49. The molecule has 2 atom stereocenters. The Morgan fingerprint density at radius 1 is 1.29 bits per heavy atom. The average molecular weight is 402 g/mol. The molecule has 1 aliphatic carbocycles. The first-order valence-electron chi connectivity index (χ1n) is 10.4. The summed E-state index contributed by atoms with van der Waals surface area (Å²) in [4.78, 5) is 11.1. The van der Waals surface area contributed by atoms with E-state index < -0.39 is 8.32 Å². The Labute approximate surface area is 170 Å². The Hall–Kier alpha value is -1.49. The van der Waals surface area contributed by atoms with E-state index in [9.17, 15) is 5.26 Å². The van der Waals surface area contributed by atoms with Gasteiger partial charge in [0.25, 0.3) is 0 Å². The third-order valence-electron chi connectivity index (χ3n) is 7.20. The first-order valence-corrected chi connectivity index (χ1v) is 13.3. The van der Waals surface area contributed by atoms with Crippen molar-refractivity contribution in [3.05, 3.63) is 17.5 Å². The molecule has 3 rings (SSSR count). The molecule has 154 valence electrons. The molecule has 2 heterocycles. The lowest BCUT2D eigenvalue weighted by Gasteiger charge is -2.42. The molecule has 1 aromatic heterocycles. The SMILES string of the molecule is Cc1cc(C#N)nc(N2CCC3(CC2)C[C@@H](O[Si](C)(C)C(C)(C)C)C[C@H]3N)n1. The fourth-order valence-electron chi connectivity index (χ4n) is 4.38. The van der Waals surface area contributed by atoms with Crippen molar-refractivity contribution in [1.29, 1.82) is 5.26 Å². The predicted molar refractivity (Wildman–Crippen MR) is 115 cm³/mol. The van der Waals surface area contributed by atoms with Crippen LogP contribution in [0, 0.1) is 23.7 Å². The van der Waals surface area contributed by atoms with Crippen LogP contribution in [0.3, 0.4) is 0 Å². The molecular formula is C21H35N5OSi. The second kappa shape index (κ2) is 7.40. The van der Waals surface area contributed by atoms with E-state index >= 15 is 0 Å². The van der Waals surface area contributed by atoms with Gasteiger partial charge in [0.05, 0.1) is 0 Å². The van der Waals surface area contributed by atoms with E-state index in [1.807, 2.05) is 6.92 Å². The van der Waals surface area contributed by atoms with Gasteiger partial charge in [0.15, 0.2) is 8.32 Å². The quantitative estimate of drug-likeness (QED) is 0.776. The molecule has 2 fully saturated rings. The number of piperidine rings is 1. The summed E-state index contributed by atoms with van der Waals surface area (Å²) in [6, 6.07) is 4.05. The number of nitrogens with two attached hydrogens (primary N) is 1. The van der Waals surface area contributed by atoms with E-state index in [1.54, 1.807) is 6.07 Å². The van der Waals surface area contributed by atoms with E-state index in [2.05, 4.69) is 54.8 Å². The normalized spacial score (nSPS) is 25.1. The lowest BCUT2D eigenvalue weighted by atomic mass is 9.74. The number of nitriles is 1. The Bertz CT molecular complexity index is 759. The van der Waals surface area contributed by atoms with Crippen molar-refractivity contribution in [2.75, 3.05) is 18.0 Å². The van der Waals surface area contributed by atoms with Crippen LogP contribution in [-0.4, -0.2) is 43.5 Å². The van der Waals surface area contributed by atoms with Gasteiger partial charge in [0.1, 0.15) is 11.8 Å². The van der Waals surface area contributed by atoms with Crippen LogP contribution in [0.25, 0.3) is 0 Å². The summed E-state index contributed by atoms with van der Waals surface area (Å²) in [6.45, 7) is 15.2. The van der Waals surface area contributed by atoms with Crippen molar-refractivity contribution >= 4 is 14.3 Å². The van der Waals surface area contributed by atoms with Crippen molar-refractivity contribution < 1.29 is 4.43 Å². The van der Waals surface area contributed by atoms with Gasteiger partial charge in [0.2, 0.25) is 5.95 Å². The molecule has 1 spiro atoms. The fraction of sp³-hybridized carbons (Fsp3) is 0.762. The second-order valence-corrected chi connectivity index (χ2v) is 15.0. The maximum Gasteiger partial charge on any atom is 0.226 e. The number of aromatic nitrogens is 2. The molecule has 6 nitrogen and oxygen atoms in total. The molecule has 1 saturated heterocycles. The molecule has 28 heavy (non-hydrogen) atoms. The van der Waals surface area contributed by atoms with Gasteiger partial charge in [-0.1, -0.05) is 20.8 Å². The van der Waals surface area contributed by atoms with Gasteiger partial charge in [0, 0.05) is 30.9 Å². The van der Waals surface area contributed by atoms with Crippen LogP contribution < -0.4 is 10.6 Å². The monoisotopic (exact) mass is 401 g/mol. The van der Waals surface area contributed by atoms with E-state index in [0.29, 0.717) is 11.6 Å². The van der Waals surface area contributed by atoms with Crippen LogP contribution in [-0.2, 0) is 4.43 Å². The summed E-state index contributed by atoms with van der Waals surface area (Å²) < 4.78 is 6.70. The van der Waals surface area contributed by atoms with Gasteiger partial charge in [-0.25, -0.2) is 9.97 Å². The van der Waals surface area contributed by atoms with Gasteiger partial charge < -0.3 is 15.1 Å². The summed E-state index contributed by atoms with van der Waals surface area (Å²) in [5.74, 6) is 0.673. The average Bonchev–Trinajstić information content (AvgIpc) is 2.88. The Morgan fingerprint density at radius 3 is 2.50 bits per heavy atom. The highest BCUT2D eigenvalue weighted by Gasteiger charge is 2.50. The smallest absolute Gasteiger partial charge is 0.226 e. The van der Waals surface area contributed by atoms with E-state index in [1.165, 1.54) is 0 Å². The molecule has 1 aliphatic heterocycles. The molecular weight excluding hydrogens is 366 g/mol. The van der Waals surface area contributed by atoms with Crippen LogP contribution >= 0.6 is 0 Å². The molecule has 0 aromatic carbocycles. The highest BCUT2D eigenvalue weighted by molar-refractivity contribution is 6.74. The lowest BCUT2D eigenvalue weighted by molar-refractivity contribution is 0.145. The Kier molecular flexibility index (Phi) is 5.61. The topological polar surface area (TPSA) is 88.1 Å². The van der Waals surface area contributed by atoms with Gasteiger partial charge in [-0.3, -0.25) is 0 Å². The van der Waals surface area contributed by atoms with E-state index in [0.717, 1.165) is 44.5 Å². The standard InChI is InChI=1S/C21H35N5OSi/c1-15-11-16(14-22)25-19(24-15)26-9-7-21(8-10-26)13-17(12-18(21)23)27-28(5,6)20(2,3)4/h11,17-18H,7-10,12-13,23H2,1-6H3/t17-,18+/m0/s1. The number of anilines is 1. The van der Waals surface area contributed by atoms with Crippen LogP contribution in [0.2, 0.25) is 18.1 Å². The molecule has 1 aromatic rings. The third kappa shape index (κ3) is 4.09. The molecule has 0 radical (unpaired) electrons. The van der Waals surface area contributed by atoms with Crippen LogP contribution in [0.15, 0.2) is 6.07 Å². The number of nitrogens with zero attached hydrogens (tertiary/aromatic N) is 4. The predicted octanol–water partition coefficient (Wildman–Crippen LogP) is 3.75. The molecule has 0 amide bonds. The molecule has 1 saturated carbocycles. The maximum atomic E-state index is 9.18. The van der Waals surface area contributed by atoms with Crippen molar-refractivity contribution in [1.82, 2.24) is 9.97 Å². The summed E-state index contributed by atoms with van der Waals surface area (Å²) in [5, 5.41) is 9.40. The van der Waals surface area contributed by atoms with E-state index in [4.69, 9.17) is 10.2 Å². The molecule has 0 unspecified atom stereocenters. The minimum absolute atomic E-state index is 0.158. The van der Waals surface area contributed by atoms with Crippen molar-refractivity contribution in [3.63, 3.8) is 0 Å². The van der Waals surface area contributed by atoms with E-state index in [-0.39, 0.29) is 22.6 Å². The number of aryl methyl sites for hydroxylation is 1. The summed E-state index contributed by atoms with van der Waals surface area (Å²) in [5.41, 5.74) is 8.09. The molecule has 2 aliphatic rings. The van der Waals surface area contributed by atoms with Crippen molar-refractivity contribution in [3.8, 4) is 6.07 Å². The summed E-state index contributed by atoms with van der Waals surface area (Å²) in [6.07, 6.45) is 4.37. The minimum Gasteiger partial charge on any atom is -0.414 e. The third-order valence-corrected chi connectivity index (χ3v) is 11.7. The highest BCUT2D eigenvalue weighted by atomic mass is 28.4. The first-order chi connectivity index (χ1) is 13.0. The summed E-state index contributed by atoms with van der Waals surface area (Å²) >= 11 is 0. The molecule has 2 N–H and O–H groups in total. The number of hydrogen-bond donors (Lipinski definition) is 1. The van der Waals surface area contributed by atoms with Crippen LogP contribution in [0.4, 0.5) is 5.95 Å². The van der Waals surface area contributed by atoms with Crippen molar-refractivity contribution in [2.24, 2.45) is 11.1 Å². The zero-order chi connectivity index (χ0) is 20.7.